The molecule has 0 N–H and O–H groups in total. The maximum atomic E-state index is 13.6. The second-order valence-corrected chi connectivity index (χ2v) is 7.87. The van der Waals surface area contributed by atoms with E-state index in [2.05, 4.69) is 0 Å². The maximum Gasteiger partial charge on any atom is 0.341 e. The summed E-state index contributed by atoms with van der Waals surface area (Å²) in [5.74, 6) is -2.63. The van der Waals surface area contributed by atoms with Gasteiger partial charge in [0.05, 0.1) is 43.4 Å². The average Bonchev–Trinajstić information content (AvgIpc) is 2.74. The molecule has 0 amide bonds. The molecule has 0 radical (unpaired) electrons. The van der Waals surface area contributed by atoms with Gasteiger partial charge in [-0.15, -0.1) is 0 Å². The molecule has 31 heavy (non-hydrogen) atoms. The minimum absolute atomic E-state index is 0.0200. The second kappa shape index (κ2) is 7.86. The molecule has 2 aromatic rings. The first-order chi connectivity index (χ1) is 14.6. The molecule has 3 rings (SSSR count). The number of hydrogen-bond acceptors (Lipinski definition) is 8. The Hall–Kier alpha value is -3.68. The van der Waals surface area contributed by atoms with Crippen LogP contribution in [0.25, 0.3) is 0 Å². The van der Waals surface area contributed by atoms with Crippen LogP contribution in [-0.2, 0) is 9.53 Å². The van der Waals surface area contributed by atoms with Crippen LogP contribution in [0.5, 0.6) is 17.2 Å². The van der Waals surface area contributed by atoms with Crippen molar-refractivity contribution in [1.82, 2.24) is 0 Å². The molecule has 0 aromatic heterocycles. The molecule has 0 bridgehead atoms. The minimum Gasteiger partial charge on any atom is -0.496 e. The van der Waals surface area contributed by atoms with Crippen molar-refractivity contribution in [3.63, 3.8) is 0 Å². The van der Waals surface area contributed by atoms with Crippen LogP contribution in [0.4, 0.5) is 0 Å². The van der Waals surface area contributed by atoms with Gasteiger partial charge in [0.25, 0.3) is 0 Å². The number of fused-ring (bicyclic) bond motifs is 2. The summed E-state index contributed by atoms with van der Waals surface area (Å²) in [6, 6.07) is 5.65. The number of esters is 2. The van der Waals surface area contributed by atoms with Crippen LogP contribution in [-0.4, -0.2) is 44.8 Å². The maximum absolute atomic E-state index is 13.6. The summed E-state index contributed by atoms with van der Waals surface area (Å²) in [4.78, 5) is 51.9. The van der Waals surface area contributed by atoms with E-state index < -0.39 is 28.9 Å². The molecule has 162 valence electrons. The van der Waals surface area contributed by atoms with Gasteiger partial charge in [-0.25, -0.2) is 4.79 Å². The molecule has 0 heterocycles. The van der Waals surface area contributed by atoms with E-state index in [0.717, 1.165) is 7.11 Å². The Bertz CT molecular complexity index is 1120. The Labute approximate surface area is 179 Å². The summed E-state index contributed by atoms with van der Waals surface area (Å²) < 4.78 is 20.9. The van der Waals surface area contributed by atoms with Crippen molar-refractivity contribution >= 4 is 23.5 Å². The number of carbonyl (C=O) groups excluding carboxylic acids is 4. The van der Waals surface area contributed by atoms with Gasteiger partial charge in [0.15, 0.2) is 11.5 Å². The standard InChI is InChI=1S/C23H22O8/c1-23(2,3)22(27)31-20-12(21(26)30-6)8-7-11-15(20)19(25)17-14(29-5)10-9-13(28-4)16(17)18(11)24/h7-10H,1-6H3. The van der Waals surface area contributed by atoms with Gasteiger partial charge in [-0.3, -0.25) is 14.4 Å². The van der Waals surface area contributed by atoms with Crippen LogP contribution in [0.3, 0.4) is 0 Å². The fourth-order valence-corrected chi connectivity index (χ4v) is 3.23. The van der Waals surface area contributed by atoms with Crippen molar-refractivity contribution in [1.29, 1.82) is 0 Å². The Morgan fingerprint density at radius 1 is 0.774 bits per heavy atom. The number of benzene rings is 2. The molecule has 8 heteroatoms. The molecule has 1 aliphatic carbocycles. The van der Waals surface area contributed by atoms with Gasteiger partial charge in [-0.2, -0.15) is 0 Å². The van der Waals surface area contributed by atoms with E-state index in [1.54, 1.807) is 20.8 Å². The third-order valence-electron chi connectivity index (χ3n) is 4.86. The quantitative estimate of drug-likeness (QED) is 0.463. The van der Waals surface area contributed by atoms with Gasteiger partial charge in [-0.05, 0) is 45.0 Å². The lowest BCUT2D eigenvalue weighted by molar-refractivity contribution is -0.143. The Morgan fingerprint density at radius 3 is 1.81 bits per heavy atom. The van der Waals surface area contributed by atoms with Gasteiger partial charge in [0.1, 0.15) is 17.1 Å². The molecular weight excluding hydrogens is 404 g/mol. The van der Waals surface area contributed by atoms with E-state index in [-0.39, 0.29) is 45.1 Å². The molecule has 0 saturated heterocycles. The zero-order chi connectivity index (χ0) is 23.1. The largest absolute Gasteiger partial charge is 0.496 e. The van der Waals surface area contributed by atoms with Crippen LogP contribution < -0.4 is 14.2 Å². The number of ether oxygens (including phenoxy) is 4. The van der Waals surface area contributed by atoms with Crippen LogP contribution in [0.15, 0.2) is 24.3 Å². The van der Waals surface area contributed by atoms with Crippen LogP contribution in [0, 0.1) is 5.41 Å². The van der Waals surface area contributed by atoms with E-state index in [9.17, 15) is 19.2 Å². The highest BCUT2D eigenvalue weighted by atomic mass is 16.5. The number of methoxy groups -OCH3 is 3. The topological polar surface area (TPSA) is 105 Å². The molecule has 0 unspecified atom stereocenters. The molecule has 2 aromatic carbocycles. The highest BCUT2D eigenvalue weighted by molar-refractivity contribution is 6.31. The lowest BCUT2D eigenvalue weighted by Gasteiger charge is -2.25. The second-order valence-electron chi connectivity index (χ2n) is 7.87. The highest BCUT2D eigenvalue weighted by Crippen LogP contribution is 2.42. The fraction of sp³-hybridized carbons (Fsp3) is 0.304. The molecule has 0 atom stereocenters. The lowest BCUT2D eigenvalue weighted by atomic mass is 9.81. The summed E-state index contributed by atoms with van der Waals surface area (Å²) in [7, 11) is 3.90. The molecule has 0 fully saturated rings. The number of rotatable bonds is 4. The van der Waals surface area contributed by atoms with E-state index in [4.69, 9.17) is 18.9 Å². The predicted octanol–water partition coefficient (Wildman–Crippen LogP) is 3.22. The van der Waals surface area contributed by atoms with Gasteiger partial charge >= 0.3 is 11.9 Å². The van der Waals surface area contributed by atoms with Crippen molar-refractivity contribution in [2.24, 2.45) is 5.41 Å². The van der Waals surface area contributed by atoms with Gasteiger partial charge in [0, 0.05) is 5.56 Å². The van der Waals surface area contributed by atoms with Gasteiger partial charge < -0.3 is 18.9 Å². The zero-order valence-corrected chi connectivity index (χ0v) is 18.1. The molecular formula is C23H22O8. The first-order valence-corrected chi connectivity index (χ1v) is 9.38. The van der Waals surface area contributed by atoms with Crippen LogP contribution in [0.1, 0.15) is 63.0 Å². The zero-order valence-electron chi connectivity index (χ0n) is 18.1. The Morgan fingerprint density at radius 2 is 1.32 bits per heavy atom. The Balaban J connectivity index is 2.35. The van der Waals surface area contributed by atoms with E-state index >= 15 is 0 Å². The van der Waals surface area contributed by atoms with Crippen LogP contribution >= 0.6 is 0 Å². The van der Waals surface area contributed by atoms with Crippen molar-refractivity contribution in [2.75, 3.05) is 21.3 Å². The summed E-state index contributed by atoms with van der Waals surface area (Å²) in [5, 5.41) is 0. The SMILES string of the molecule is COC(=O)c1ccc2c(c1OC(=O)C(C)(C)C)C(=O)c1c(OC)ccc(OC)c1C2=O. The Kier molecular flexibility index (Phi) is 5.59. The van der Waals surface area contributed by atoms with Crippen LogP contribution in [0.2, 0.25) is 0 Å². The summed E-state index contributed by atoms with van der Waals surface area (Å²) in [6.45, 7) is 4.87. The molecule has 0 saturated carbocycles. The molecule has 0 aliphatic heterocycles. The predicted molar refractivity (Wildman–Crippen MR) is 109 cm³/mol. The monoisotopic (exact) mass is 426 g/mol. The summed E-state index contributed by atoms with van der Waals surface area (Å²) in [5.41, 5.74) is -1.30. The smallest absolute Gasteiger partial charge is 0.341 e. The normalized spacial score (nSPS) is 12.6. The summed E-state index contributed by atoms with van der Waals surface area (Å²) >= 11 is 0. The third kappa shape index (κ3) is 3.54. The van der Waals surface area contributed by atoms with Crippen molar-refractivity contribution in [2.45, 2.75) is 20.8 Å². The lowest BCUT2D eigenvalue weighted by Crippen LogP contribution is -2.29. The first kappa shape index (κ1) is 22.0. The van der Waals surface area contributed by atoms with Crippen molar-refractivity contribution < 1.29 is 38.1 Å². The van der Waals surface area contributed by atoms with Crippen molar-refractivity contribution in [3.05, 3.63) is 52.1 Å². The third-order valence-corrected chi connectivity index (χ3v) is 4.86. The molecule has 1 aliphatic rings. The van der Waals surface area contributed by atoms with E-state index in [0.29, 0.717) is 0 Å². The van der Waals surface area contributed by atoms with Gasteiger partial charge in [0.2, 0.25) is 5.78 Å². The molecule has 8 nitrogen and oxygen atoms in total. The first-order valence-electron chi connectivity index (χ1n) is 9.38. The minimum atomic E-state index is -0.934. The highest BCUT2D eigenvalue weighted by Gasteiger charge is 2.40. The summed E-state index contributed by atoms with van der Waals surface area (Å²) in [6.07, 6.45) is 0. The van der Waals surface area contributed by atoms with Crippen molar-refractivity contribution in [3.8, 4) is 17.2 Å². The molecule has 0 spiro atoms. The van der Waals surface area contributed by atoms with E-state index in [1.807, 2.05) is 0 Å². The fourth-order valence-electron chi connectivity index (χ4n) is 3.23. The number of ketones is 2. The number of hydrogen-bond donors (Lipinski definition) is 0. The van der Waals surface area contributed by atoms with Gasteiger partial charge in [-0.1, -0.05) is 0 Å². The number of carbonyl (C=O) groups is 4. The average molecular weight is 426 g/mol. The van der Waals surface area contributed by atoms with E-state index in [1.165, 1.54) is 38.5 Å².